The normalized spacial score (nSPS) is 34.2. The van der Waals surface area contributed by atoms with Gasteiger partial charge in [-0.2, -0.15) is 5.26 Å². The van der Waals surface area contributed by atoms with Gasteiger partial charge in [-0.05, 0) is 74.5 Å². The Morgan fingerprint density at radius 1 is 1.22 bits per heavy atom. The maximum atomic E-state index is 12.9. The van der Waals surface area contributed by atoms with Crippen molar-refractivity contribution in [2.45, 2.75) is 38.5 Å². The van der Waals surface area contributed by atoms with Crippen molar-refractivity contribution >= 4 is 17.4 Å². The van der Waals surface area contributed by atoms with E-state index in [1.165, 1.54) is 19.3 Å². The topological polar surface area (TPSA) is 50.1 Å². The molecule has 1 aromatic rings. The molecule has 4 saturated carbocycles. The molecule has 120 valence electrons. The van der Waals surface area contributed by atoms with Crippen LogP contribution in [0, 0.1) is 34.5 Å². The Balaban J connectivity index is 1.45. The summed E-state index contributed by atoms with van der Waals surface area (Å²) in [4.78, 5) is 12.9. The molecule has 23 heavy (non-hydrogen) atoms. The minimum Gasteiger partial charge on any atom is -0.484 e. The quantitative estimate of drug-likeness (QED) is 0.823. The van der Waals surface area contributed by atoms with E-state index >= 15 is 0 Å². The van der Waals surface area contributed by atoms with Crippen molar-refractivity contribution in [2.75, 3.05) is 6.61 Å². The van der Waals surface area contributed by atoms with E-state index in [1.807, 2.05) is 6.07 Å². The number of nitrogens with zero attached hydrogens (tertiary/aromatic N) is 1. The molecule has 0 amide bonds. The lowest BCUT2D eigenvalue weighted by molar-refractivity contribution is -0.145. The van der Waals surface area contributed by atoms with Gasteiger partial charge in [-0.15, -0.1) is 0 Å². The number of rotatable bonds is 4. The molecule has 4 aliphatic carbocycles. The zero-order valence-corrected chi connectivity index (χ0v) is 13.8. The monoisotopic (exact) mass is 329 g/mol. The van der Waals surface area contributed by atoms with E-state index in [1.54, 1.807) is 18.2 Å². The van der Waals surface area contributed by atoms with Crippen molar-refractivity contribution in [3.63, 3.8) is 0 Å². The molecule has 1 aromatic carbocycles. The number of Topliss-reactive ketones (excluding diaryl/α,β-unsaturated/α-hetero) is 1. The van der Waals surface area contributed by atoms with E-state index in [2.05, 4.69) is 0 Å². The van der Waals surface area contributed by atoms with Crippen molar-refractivity contribution in [3.05, 3.63) is 28.8 Å². The number of halogens is 1. The standard InChI is InChI=1S/C19H20ClNO2/c20-16-6-12(10-21)1-2-17(16)23-11-18(22)19-7-13-3-14(8-19)5-15(4-13)9-19/h1-2,6,13-15H,3-5,7-9,11H2. The zero-order valence-electron chi connectivity index (χ0n) is 13.1. The Morgan fingerprint density at radius 2 is 1.83 bits per heavy atom. The molecule has 0 unspecified atom stereocenters. The summed E-state index contributed by atoms with van der Waals surface area (Å²) in [5, 5.41) is 9.25. The summed E-state index contributed by atoms with van der Waals surface area (Å²) in [6, 6.07) is 6.95. The van der Waals surface area contributed by atoms with Gasteiger partial charge in [-0.1, -0.05) is 11.6 Å². The SMILES string of the molecule is N#Cc1ccc(OCC(=O)C23CC4CC(CC(C4)C2)C3)c(Cl)c1. The first-order valence-corrected chi connectivity index (χ1v) is 8.81. The van der Waals surface area contributed by atoms with Crippen LogP contribution in [0.25, 0.3) is 0 Å². The van der Waals surface area contributed by atoms with Crippen molar-refractivity contribution < 1.29 is 9.53 Å². The Morgan fingerprint density at radius 3 is 2.35 bits per heavy atom. The molecule has 5 rings (SSSR count). The highest BCUT2D eigenvalue weighted by molar-refractivity contribution is 6.32. The van der Waals surface area contributed by atoms with E-state index in [0.29, 0.717) is 16.3 Å². The van der Waals surface area contributed by atoms with Gasteiger partial charge in [0.1, 0.15) is 12.4 Å². The third-order valence-corrected chi connectivity index (χ3v) is 6.34. The molecule has 0 atom stereocenters. The first-order chi connectivity index (χ1) is 11.1. The van der Waals surface area contributed by atoms with Crippen LogP contribution in [0.3, 0.4) is 0 Å². The maximum absolute atomic E-state index is 12.9. The fourth-order valence-corrected chi connectivity index (χ4v) is 5.67. The molecule has 0 spiro atoms. The highest BCUT2D eigenvalue weighted by Crippen LogP contribution is 2.60. The fraction of sp³-hybridized carbons (Fsp3) is 0.579. The third kappa shape index (κ3) is 2.64. The van der Waals surface area contributed by atoms with Crippen molar-refractivity contribution in [1.29, 1.82) is 5.26 Å². The van der Waals surface area contributed by atoms with Gasteiger partial charge in [0.2, 0.25) is 0 Å². The minimum absolute atomic E-state index is 0.0950. The van der Waals surface area contributed by atoms with Gasteiger partial charge in [-0.3, -0.25) is 4.79 Å². The number of carbonyl (C=O) groups is 1. The van der Waals surface area contributed by atoms with Crippen LogP contribution in [0.2, 0.25) is 5.02 Å². The Labute approximate surface area is 141 Å². The second-order valence-corrected chi connectivity index (χ2v) is 8.07. The van der Waals surface area contributed by atoms with Gasteiger partial charge in [-0.25, -0.2) is 0 Å². The average molecular weight is 330 g/mol. The molecule has 4 bridgehead atoms. The predicted molar refractivity (Wildman–Crippen MR) is 87.3 cm³/mol. The molecule has 4 heteroatoms. The summed E-state index contributed by atoms with van der Waals surface area (Å²) in [6.07, 6.45) is 7.16. The van der Waals surface area contributed by atoms with Gasteiger partial charge in [0.25, 0.3) is 0 Å². The summed E-state index contributed by atoms with van der Waals surface area (Å²) < 4.78 is 5.70. The number of ketones is 1. The van der Waals surface area contributed by atoms with E-state index in [0.717, 1.165) is 37.0 Å². The molecular formula is C19H20ClNO2. The number of hydrogen-bond acceptors (Lipinski definition) is 3. The molecular weight excluding hydrogens is 310 g/mol. The summed E-state index contributed by atoms with van der Waals surface area (Å²) in [7, 11) is 0. The summed E-state index contributed by atoms with van der Waals surface area (Å²) in [5.74, 6) is 3.00. The van der Waals surface area contributed by atoms with Crippen LogP contribution in [0.15, 0.2) is 18.2 Å². The molecule has 3 nitrogen and oxygen atoms in total. The molecule has 0 radical (unpaired) electrons. The molecule has 4 aliphatic rings. The number of nitriles is 1. The summed E-state index contributed by atoms with van der Waals surface area (Å²) in [5.41, 5.74) is 0.364. The second kappa shape index (κ2) is 5.53. The molecule has 0 aromatic heterocycles. The molecule has 0 aliphatic heterocycles. The van der Waals surface area contributed by atoms with Crippen LogP contribution < -0.4 is 4.74 Å². The van der Waals surface area contributed by atoms with Crippen LogP contribution in [-0.2, 0) is 4.79 Å². The van der Waals surface area contributed by atoms with E-state index in [-0.39, 0.29) is 17.8 Å². The number of carbonyl (C=O) groups excluding carboxylic acids is 1. The van der Waals surface area contributed by atoms with E-state index in [9.17, 15) is 4.79 Å². The average Bonchev–Trinajstić information content (AvgIpc) is 2.52. The lowest BCUT2D eigenvalue weighted by Gasteiger charge is -2.55. The van der Waals surface area contributed by atoms with Gasteiger partial charge in [0, 0.05) is 5.41 Å². The Hall–Kier alpha value is -1.53. The van der Waals surface area contributed by atoms with Crippen LogP contribution in [0.5, 0.6) is 5.75 Å². The first-order valence-electron chi connectivity index (χ1n) is 8.44. The summed E-state index contributed by atoms with van der Waals surface area (Å²) in [6.45, 7) is 0.0950. The largest absolute Gasteiger partial charge is 0.484 e. The molecule has 0 heterocycles. The lowest BCUT2D eigenvalue weighted by Crippen LogP contribution is -2.51. The predicted octanol–water partition coefficient (Wildman–Crippen LogP) is 4.38. The number of ether oxygens (including phenoxy) is 1. The molecule has 0 N–H and O–H groups in total. The Bertz CT molecular complexity index is 656. The second-order valence-electron chi connectivity index (χ2n) is 7.67. The van der Waals surface area contributed by atoms with Gasteiger partial charge in [0.05, 0.1) is 16.7 Å². The first kappa shape index (κ1) is 15.0. The van der Waals surface area contributed by atoms with Gasteiger partial charge < -0.3 is 4.74 Å². The molecule has 0 saturated heterocycles. The minimum atomic E-state index is -0.131. The number of benzene rings is 1. The van der Waals surface area contributed by atoms with Crippen molar-refractivity contribution in [3.8, 4) is 11.8 Å². The van der Waals surface area contributed by atoms with E-state index < -0.39 is 0 Å². The van der Waals surface area contributed by atoms with Gasteiger partial charge in [0.15, 0.2) is 5.78 Å². The molecule has 4 fully saturated rings. The smallest absolute Gasteiger partial charge is 0.176 e. The van der Waals surface area contributed by atoms with Crippen LogP contribution in [0.4, 0.5) is 0 Å². The lowest BCUT2D eigenvalue weighted by atomic mass is 9.48. The van der Waals surface area contributed by atoms with E-state index in [4.69, 9.17) is 21.6 Å². The van der Waals surface area contributed by atoms with Crippen LogP contribution in [-0.4, -0.2) is 12.4 Å². The van der Waals surface area contributed by atoms with Crippen molar-refractivity contribution in [2.24, 2.45) is 23.2 Å². The third-order valence-electron chi connectivity index (χ3n) is 6.05. The van der Waals surface area contributed by atoms with Crippen LogP contribution in [0.1, 0.15) is 44.1 Å². The highest BCUT2D eigenvalue weighted by Gasteiger charge is 2.54. The van der Waals surface area contributed by atoms with Crippen molar-refractivity contribution in [1.82, 2.24) is 0 Å². The summed E-state index contributed by atoms with van der Waals surface area (Å²) >= 11 is 6.12. The Kier molecular flexibility index (Phi) is 3.61. The number of hydrogen-bond donors (Lipinski definition) is 0. The van der Waals surface area contributed by atoms with Crippen LogP contribution >= 0.6 is 11.6 Å². The zero-order chi connectivity index (χ0) is 16.0. The highest BCUT2D eigenvalue weighted by atomic mass is 35.5. The maximum Gasteiger partial charge on any atom is 0.176 e. The van der Waals surface area contributed by atoms with Gasteiger partial charge >= 0.3 is 0 Å². The fourth-order valence-electron chi connectivity index (χ4n) is 5.44.